The van der Waals surface area contributed by atoms with Crippen LogP contribution in [0.5, 0.6) is 0 Å². The molecular weight excluding hydrogens is 216 g/mol. The van der Waals surface area contributed by atoms with E-state index in [0.717, 1.165) is 30.5 Å². The molecule has 0 atom stereocenters. The number of aromatic nitrogens is 2. The summed E-state index contributed by atoms with van der Waals surface area (Å²) < 4.78 is 1.81. The van der Waals surface area contributed by atoms with Crippen molar-refractivity contribution in [3.05, 3.63) is 21.6 Å². The van der Waals surface area contributed by atoms with Gasteiger partial charge >= 0.3 is 0 Å². The van der Waals surface area contributed by atoms with Gasteiger partial charge in [0.05, 0.1) is 6.04 Å². The smallest absolute Gasteiger partial charge is 0.270 e. The van der Waals surface area contributed by atoms with E-state index in [1.165, 1.54) is 19.3 Å². The van der Waals surface area contributed by atoms with Crippen LogP contribution in [0.3, 0.4) is 0 Å². The Morgan fingerprint density at radius 2 is 2.06 bits per heavy atom. The molecule has 2 N–H and O–H groups in total. The van der Waals surface area contributed by atoms with Crippen molar-refractivity contribution >= 4 is 0 Å². The molecule has 2 rings (SSSR count). The predicted molar refractivity (Wildman–Crippen MR) is 67.3 cm³/mol. The number of aliphatic hydroxyl groups excluding tert-OH is 1. The Morgan fingerprint density at radius 1 is 1.35 bits per heavy atom. The van der Waals surface area contributed by atoms with E-state index in [4.69, 9.17) is 5.11 Å². The van der Waals surface area contributed by atoms with Gasteiger partial charge in [0.1, 0.15) is 0 Å². The van der Waals surface area contributed by atoms with Crippen LogP contribution in [0.2, 0.25) is 0 Å². The first-order valence-corrected chi connectivity index (χ1v) is 6.71. The van der Waals surface area contributed by atoms with Gasteiger partial charge in [0.25, 0.3) is 5.56 Å². The number of rotatable bonds is 4. The third-order valence-electron chi connectivity index (χ3n) is 3.75. The van der Waals surface area contributed by atoms with E-state index in [-0.39, 0.29) is 12.2 Å². The molecular formula is C13H22N2O2. The second-order valence-electron chi connectivity index (χ2n) is 4.86. The Labute approximate surface area is 102 Å². The highest BCUT2D eigenvalue weighted by molar-refractivity contribution is 5.18. The Morgan fingerprint density at radius 3 is 2.65 bits per heavy atom. The summed E-state index contributed by atoms with van der Waals surface area (Å²) in [4.78, 5) is 12.3. The zero-order valence-electron chi connectivity index (χ0n) is 10.5. The highest BCUT2D eigenvalue weighted by atomic mass is 16.3. The molecule has 0 saturated heterocycles. The molecule has 1 aromatic rings. The van der Waals surface area contributed by atoms with Crippen LogP contribution < -0.4 is 5.56 Å². The second-order valence-corrected chi connectivity index (χ2v) is 4.86. The van der Waals surface area contributed by atoms with Crippen molar-refractivity contribution in [2.24, 2.45) is 0 Å². The summed E-state index contributed by atoms with van der Waals surface area (Å²) in [5.41, 5.74) is 1.86. The lowest BCUT2D eigenvalue weighted by molar-refractivity contribution is 0.298. The highest BCUT2D eigenvalue weighted by Gasteiger charge is 2.20. The molecule has 1 aliphatic carbocycles. The molecule has 4 nitrogen and oxygen atoms in total. The molecule has 1 aromatic heterocycles. The van der Waals surface area contributed by atoms with E-state index in [1.54, 1.807) is 0 Å². The summed E-state index contributed by atoms with van der Waals surface area (Å²) in [5, 5.41) is 12.3. The SMILES string of the molecule is CCc1[nH]n(C2CCCCC2)c(=O)c1CCO. The van der Waals surface area contributed by atoms with E-state index in [1.807, 2.05) is 11.6 Å². The van der Waals surface area contributed by atoms with Gasteiger partial charge in [-0.25, -0.2) is 4.68 Å². The molecule has 1 saturated carbocycles. The maximum atomic E-state index is 12.3. The average Bonchev–Trinajstić information content (AvgIpc) is 2.69. The normalized spacial score (nSPS) is 17.5. The molecule has 1 aliphatic rings. The van der Waals surface area contributed by atoms with Gasteiger partial charge in [-0.2, -0.15) is 0 Å². The van der Waals surface area contributed by atoms with Gasteiger partial charge in [-0.1, -0.05) is 26.2 Å². The molecule has 0 aromatic carbocycles. The van der Waals surface area contributed by atoms with Gasteiger partial charge < -0.3 is 5.11 Å². The Hall–Kier alpha value is -1.03. The summed E-state index contributed by atoms with van der Waals surface area (Å²) in [7, 11) is 0. The molecule has 0 aliphatic heterocycles. The lowest BCUT2D eigenvalue weighted by atomic mass is 9.96. The van der Waals surface area contributed by atoms with Crippen molar-refractivity contribution in [1.29, 1.82) is 0 Å². The van der Waals surface area contributed by atoms with Crippen LogP contribution in [0.25, 0.3) is 0 Å². The number of nitrogens with zero attached hydrogens (tertiary/aromatic N) is 1. The minimum Gasteiger partial charge on any atom is -0.396 e. The first-order valence-electron chi connectivity index (χ1n) is 6.71. The van der Waals surface area contributed by atoms with Gasteiger partial charge in [0.15, 0.2) is 0 Å². The standard InChI is InChI=1S/C13H22N2O2/c1-2-12-11(8-9-16)13(17)15(14-12)10-6-4-3-5-7-10/h10,14,16H,2-9H2,1H3. The maximum Gasteiger partial charge on any atom is 0.270 e. The van der Waals surface area contributed by atoms with Crippen molar-refractivity contribution in [2.75, 3.05) is 6.61 Å². The Balaban J connectivity index is 2.30. The summed E-state index contributed by atoms with van der Waals surface area (Å²) in [6.45, 7) is 2.09. The van der Waals surface area contributed by atoms with Gasteiger partial charge in [0, 0.05) is 24.3 Å². The largest absolute Gasteiger partial charge is 0.396 e. The summed E-state index contributed by atoms with van der Waals surface area (Å²) >= 11 is 0. The fourth-order valence-corrected chi connectivity index (χ4v) is 2.80. The van der Waals surface area contributed by atoms with Crippen molar-refractivity contribution in [3.8, 4) is 0 Å². The Kier molecular flexibility index (Phi) is 4.05. The topological polar surface area (TPSA) is 58.0 Å². The van der Waals surface area contributed by atoms with Crippen molar-refractivity contribution in [2.45, 2.75) is 57.9 Å². The highest BCUT2D eigenvalue weighted by Crippen LogP contribution is 2.26. The number of aryl methyl sites for hydroxylation is 1. The van der Waals surface area contributed by atoms with Crippen LogP contribution in [-0.4, -0.2) is 21.5 Å². The lowest BCUT2D eigenvalue weighted by Crippen LogP contribution is -2.26. The van der Waals surface area contributed by atoms with Crippen LogP contribution in [0, 0.1) is 0 Å². The van der Waals surface area contributed by atoms with E-state index >= 15 is 0 Å². The average molecular weight is 238 g/mol. The molecule has 0 unspecified atom stereocenters. The van der Waals surface area contributed by atoms with Crippen LogP contribution in [0.15, 0.2) is 4.79 Å². The molecule has 0 bridgehead atoms. The number of nitrogens with one attached hydrogen (secondary N) is 1. The zero-order chi connectivity index (χ0) is 12.3. The zero-order valence-corrected chi connectivity index (χ0v) is 10.5. The third-order valence-corrected chi connectivity index (χ3v) is 3.75. The molecule has 0 spiro atoms. The van der Waals surface area contributed by atoms with Crippen molar-refractivity contribution < 1.29 is 5.11 Å². The van der Waals surface area contributed by atoms with Gasteiger partial charge in [-0.3, -0.25) is 9.89 Å². The lowest BCUT2D eigenvalue weighted by Gasteiger charge is -2.21. The van der Waals surface area contributed by atoms with E-state index in [0.29, 0.717) is 12.5 Å². The van der Waals surface area contributed by atoms with Crippen LogP contribution >= 0.6 is 0 Å². The summed E-state index contributed by atoms with van der Waals surface area (Å²) in [6.07, 6.45) is 7.21. The molecule has 1 heterocycles. The Bertz CT molecular complexity index is 414. The molecule has 1 fully saturated rings. The van der Waals surface area contributed by atoms with E-state index < -0.39 is 0 Å². The minimum atomic E-state index is 0.0464. The first kappa shape index (κ1) is 12.4. The van der Waals surface area contributed by atoms with E-state index in [9.17, 15) is 4.79 Å². The molecule has 96 valence electrons. The molecule has 4 heteroatoms. The van der Waals surface area contributed by atoms with Gasteiger partial charge in [-0.05, 0) is 19.3 Å². The molecule has 17 heavy (non-hydrogen) atoms. The molecule has 0 amide bonds. The number of hydrogen-bond acceptors (Lipinski definition) is 2. The number of H-pyrrole nitrogens is 1. The minimum absolute atomic E-state index is 0.0464. The number of hydrogen-bond donors (Lipinski definition) is 2. The third kappa shape index (κ3) is 2.46. The van der Waals surface area contributed by atoms with Crippen molar-refractivity contribution in [3.63, 3.8) is 0 Å². The molecule has 0 radical (unpaired) electrons. The first-order chi connectivity index (χ1) is 8.27. The summed E-state index contributed by atoms with van der Waals surface area (Å²) in [6, 6.07) is 0.342. The number of aliphatic hydroxyl groups is 1. The van der Waals surface area contributed by atoms with Gasteiger partial charge in [-0.15, -0.1) is 0 Å². The monoisotopic (exact) mass is 238 g/mol. The maximum absolute atomic E-state index is 12.3. The fourth-order valence-electron chi connectivity index (χ4n) is 2.80. The summed E-state index contributed by atoms with van der Waals surface area (Å²) in [5.74, 6) is 0. The van der Waals surface area contributed by atoms with Crippen molar-refractivity contribution in [1.82, 2.24) is 9.78 Å². The fraction of sp³-hybridized carbons (Fsp3) is 0.769. The van der Waals surface area contributed by atoms with E-state index in [2.05, 4.69) is 5.10 Å². The van der Waals surface area contributed by atoms with Crippen LogP contribution in [0.4, 0.5) is 0 Å². The van der Waals surface area contributed by atoms with Gasteiger partial charge in [0.2, 0.25) is 0 Å². The van der Waals surface area contributed by atoms with Crippen LogP contribution in [-0.2, 0) is 12.8 Å². The van der Waals surface area contributed by atoms with Crippen LogP contribution in [0.1, 0.15) is 56.3 Å². The quantitative estimate of drug-likeness (QED) is 0.840. The second kappa shape index (κ2) is 5.54. The predicted octanol–water partition coefficient (Wildman–Crippen LogP) is 1.78. The number of aromatic amines is 1.